The second kappa shape index (κ2) is 14.4. The lowest BCUT2D eigenvalue weighted by Gasteiger charge is -2.34. The van der Waals surface area contributed by atoms with Gasteiger partial charge in [-0.3, -0.25) is 14.4 Å². The zero-order valence-electron chi connectivity index (χ0n) is 23.8. The minimum atomic E-state index is -0.694. The molecule has 212 valence electrons. The molecule has 0 aromatic heterocycles. The Morgan fingerprint density at radius 1 is 1.03 bits per heavy atom. The van der Waals surface area contributed by atoms with Gasteiger partial charge in [-0.2, -0.15) is 11.8 Å². The molecule has 9 nitrogen and oxygen atoms in total. The number of anilines is 1. The van der Waals surface area contributed by atoms with Crippen LogP contribution in [-0.4, -0.2) is 71.5 Å². The number of likely N-dealkylation sites (tertiary alicyclic amines) is 1. The summed E-state index contributed by atoms with van der Waals surface area (Å²) >= 11 is 1.60. The normalized spacial score (nSPS) is 15.9. The Labute approximate surface area is 231 Å². The van der Waals surface area contributed by atoms with Crippen LogP contribution < -0.4 is 16.0 Å². The molecule has 2 rings (SSSR count). The molecule has 2 atom stereocenters. The lowest BCUT2D eigenvalue weighted by molar-refractivity contribution is -0.137. The van der Waals surface area contributed by atoms with Crippen LogP contribution in [0, 0.1) is 5.92 Å². The maximum absolute atomic E-state index is 13.2. The van der Waals surface area contributed by atoms with E-state index in [1.165, 1.54) is 5.56 Å². The Bertz CT molecular complexity index is 953. The Kier molecular flexibility index (Phi) is 11.9. The highest BCUT2D eigenvalue weighted by Gasteiger charge is 2.33. The first-order valence-corrected chi connectivity index (χ1v) is 14.7. The number of benzene rings is 1. The molecule has 1 aromatic rings. The third-order valence-electron chi connectivity index (χ3n) is 6.37. The maximum Gasteiger partial charge on any atom is 0.408 e. The molecule has 0 spiro atoms. The van der Waals surface area contributed by atoms with Crippen LogP contribution in [0.1, 0.15) is 72.3 Å². The van der Waals surface area contributed by atoms with E-state index in [1.54, 1.807) is 44.4 Å². The first-order chi connectivity index (χ1) is 17.8. The van der Waals surface area contributed by atoms with E-state index in [-0.39, 0.29) is 23.6 Å². The number of rotatable bonds is 10. The van der Waals surface area contributed by atoms with Crippen molar-refractivity contribution in [1.29, 1.82) is 0 Å². The highest BCUT2D eigenvalue weighted by molar-refractivity contribution is 7.98. The fourth-order valence-corrected chi connectivity index (χ4v) is 4.60. The third kappa shape index (κ3) is 10.2. The molecular formula is C28H44N4O5S. The van der Waals surface area contributed by atoms with Crippen molar-refractivity contribution in [2.45, 2.75) is 84.4 Å². The fourth-order valence-electron chi connectivity index (χ4n) is 4.12. The second-order valence-electron chi connectivity index (χ2n) is 11.1. The molecule has 1 aliphatic rings. The van der Waals surface area contributed by atoms with Crippen molar-refractivity contribution in [3.8, 4) is 0 Å². The van der Waals surface area contributed by atoms with E-state index in [4.69, 9.17) is 4.74 Å². The average Bonchev–Trinajstić information content (AvgIpc) is 2.85. The number of hydrogen-bond donors (Lipinski definition) is 3. The number of nitrogens with one attached hydrogen (secondary N) is 3. The van der Waals surface area contributed by atoms with E-state index >= 15 is 0 Å². The minimum absolute atomic E-state index is 0.167. The van der Waals surface area contributed by atoms with Gasteiger partial charge in [0.15, 0.2) is 0 Å². The highest BCUT2D eigenvalue weighted by Crippen LogP contribution is 2.20. The van der Waals surface area contributed by atoms with E-state index in [2.05, 4.69) is 29.8 Å². The standard InChI is InChI=1S/C28H44N4O5S/c1-18(2)20-8-10-22(11-9-20)30-24(33)19(3)29-25(34)21-12-15-32(16-13-21)26(35)23(14-17-38-7)31-27(36)37-28(4,5)6/h8-11,18-19,21,23H,12-17H2,1-7H3,(H,29,34)(H,30,33)(H,31,36)/t19-,23+/m1/s1. The molecule has 0 radical (unpaired) electrons. The molecule has 4 amide bonds. The summed E-state index contributed by atoms with van der Waals surface area (Å²) in [5.74, 6) is 0.187. The van der Waals surface area contributed by atoms with Crippen molar-refractivity contribution < 1.29 is 23.9 Å². The number of amides is 4. The molecule has 1 aliphatic heterocycles. The quantitative estimate of drug-likeness (QED) is 0.405. The van der Waals surface area contributed by atoms with E-state index in [0.717, 1.165) is 0 Å². The molecule has 1 aromatic carbocycles. The average molecular weight is 549 g/mol. The van der Waals surface area contributed by atoms with Gasteiger partial charge in [0.05, 0.1) is 0 Å². The fraction of sp³-hybridized carbons (Fsp3) is 0.643. The number of alkyl carbamates (subject to hydrolysis) is 1. The number of thioether (sulfide) groups is 1. The zero-order valence-corrected chi connectivity index (χ0v) is 24.6. The summed E-state index contributed by atoms with van der Waals surface area (Å²) in [6.45, 7) is 12.0. The van der Waals surface area contributed by atoms with Crippen molar-refractivity contribution >= 4 is 41.3 Å². The first kappa shape index (κ1) is 31.5. The van der Waals surface area contributed by atoms with Crippen molar-refractivity contribution in [2.24, 2.45) is 5.92 Å². The monoisotopic (exact) mass is 548 g/mol. The predicted molar refractivity (Wildman–Crippen MR) is 152 cm³/mol. The van der Waals surface area contributed by atoms with Gasteiger partial charge < -0.3 is 25.6 Å². The zero-order chi connectivity index (χ0) is 28.5. The Balaban J connectivity index is 1.86. The summed E-state index contributed by atoms with van der Waals surface area (Å²) in [6, 6.07) is 6.31. The van der Waals surface area contributed by atoms with Gasteiger partial charge >= 0.3 is 6.09 Å². The minimum Gasteiger partial charge on any atom is -0.444 e. The molecular weight excluding hydrogens is 504 g/mol. The first-order valence-electron chi connectivity index (χ1n) is 13.3. The maximum atomic E-state index is 13.2. The molecule has 0 aliphatic carbocycles. The van der Waals surface area contributed by atoms with Crippen LogP contribution in [0.15, 0.2) is 24.3 Å². The van der Waals surface area contributed by atoms with Gasteiger partial charge in [-0.25, -0.2) is 4.79 Å². The van der Waals surface area contributed by atoms with Gasteiger partial charge in [-0.1, -0.05) is 26.0 Å². The van der Waals surface area contributed by atoms with E-state index in [0.29, 0.717) is 49.7 Å². The predicted octanol–water partition coefficient (Wildman–Crippen LogP) is 4.14. The van der Waals surface area contributed by atoms with Crippen LogP contribution in [0.3, 0.4) is 0 Å². The summed E-state index contributed by atoms with van der Waals surface area (Å²) in [7, 11) is 0. The molecule has 10 heteroatoms. The van der Waals surface area contributed by atoms with Gasteiger partial charge in [0, 0.05) is 24.7 Å². The van der Waals surface area contributed by atoms with Gasteiger partial charge in [0.25, 0.3) is 0 Å². The van der Waals surface area contributed by atoms with Crippen LogP contribution in [0.4, 0.5) is 10.5 Å². The SMILES string of the molecule is CSCC[C@H](NC(=O)OC(C)(C)C)C(=O)N1CCC(C(=O)N[C@H](C)C(=O)Nc2ccc(C(C)C)cc2)CC1. The number of piperidine rings is 1. The third-order valence-corrected chi connectivity index (χ3v) is 7.02. The van der Waals surface area contributed by atoms with Crippen LogP contribution in [0.2, 0.25) is 0 Å². The number of ether oxygens (including phenoxy) is 1. The molecule has 1 heterocycles. The molecule has 38 heavy (non-hydrogen) atoms. The summed E-state index contributed by atoms with van der Waals surface area (Å²) in [5.41, 5.74) is 1.21. The highest BCUT2D eigenvalue weighted by atomic mass is 32.2. The number of carbonyl (C=O) groups excluding carboxylic acids is 4. The van der Waals surface area contributed by atoms with Gasteiger partial charge in [0.2, 0.25) is 17.7 Å². The van der Waals surface area contributed by atoms with Crippen molar-refractivity contribution in [3.63, 3.8) is 0 Å². The lowest BCUT2D eigenvalue weighted by Crippen LogP contribution is -2.53. The summed E-state index contributed by atoms with van der Waals surface area (Å²) in [5, 5.41) is 8.37. The summed E-state index contributed by atoms with van der Waals surface area (Å²) in [4.78, 5) is 52.6. The number of hydrogen-bond acceptors (Lipinski definition) is 6. The van der Waals surface area contributed by atoms with Crippen LogP contribution in [-0.2, 0) is 19.1 Å². The van der Waals surface area contributed by atoms with E-state index < -0.39 is 23.8 Å². The Morgan fingerprint density at radius 3 is 2.16 bits per heavy atom. The molecule has 1 saturated heterocycles. The van der Waals surface area contributed by atoms with Crippen LogP contribution >= 0.6 is 11.8 Å². The van der Waals surface area contributed by atoms with E-state index in [9.17, 15) is 19.2 Å². The van der Waals surface area contributed by atoms with Crippen LogP contribution in [0.5, 0.6) is 0 Å². The number of nitrogens with zero attached hydrogens (tertiary/aromatic N) is 1. The molecule has 3 N–H and O–H groups in total. The largest absolute Gasteiger partial charge is 0.444 e. The van der Waals surface area contributed by atoms with Crippen molar-refractivity contribution in [2.75, 3.05) is 30.4 Å². The number of carbonyl (C=O) groups is 4. The Morgan fingerprint density at radius 2 is 1.63 bits per heavy atom. The van der Waals surface area contributed by atoms with Crippen molar-refractivity contribution in [1.82, 2.24) is 15.5 Å². The summed E-state index contributed by atoms with van der Waals surface area (Å²) < 4.78 is 5.33. The summed E-state index contributed by atoms with van der Waals surface area (Å²) in [6.07, 6.45) is 2.80. The van der Waals surface area contributed by atoms with Gasteiger partial charge in [-0.05, 0) is 82.6 Å². The Hall–Kier alpha value is -2.75. The lowest BCUT2D eigenvalue weighted by atomic mass is 9.95. The smallest absolute Gasteiger partial charge is 0.408 e. The molecule has 0 bridgehead atoms. The van der Waals surface area contributed by atoms with E-state index in [1.807, 2.05) is 30.5 Å². The molecule has 0 saturated carbocycles. The van der Waals surface area contributed by atoms with Gasteiger partial charge in [0.1, 0.15) is 17.7 Å². The van der Waals surface area contributed by atoms with Crippen molar-refractivity contribution in [3.05, 3.63) is 29.8 Å². The topological polar surface area (TPSA) is 117 Å². The van der Waals surface area contributed by atoms with Gasteiger partial charge in [-0.15, -0.1) is 0 Å². The molecule has 1 fully saturated rings. The molecule has 0 unspecified atom stereocenters. The van der Waals surface area contributed by atoms with Crippen LogP contribution in [0.25, 0.3) is 0 Å². The second-order valence-corrected chi connectivity index (χ2v) is 12.1.